The summed E-state index contributed by atoms with van der Waals surface area (Å²) in [5, 5.41) is 2.93. The van der Waals surface area contributed by atoms with E-state index in [1.54, 1.807) is 0 Å². The summed E-state index contributed by atoms with van der Waals surface area (Å²) in [5.74, 6) is 0.869. The number of hydrogen-bond acceptors (Lipinski definition) is 2. The van der Waals surface area contributed by atoms with Crippen LogP contribution in [0.5, 0.6) is 0 Å². The Kier molecular flexibility index (Phi) is 3.62. The standard InChI is InChI=1S/C12H22N2O/c13-11(9-5-2-1-3-6-9)10-7-4-8-14-12(10)15/h9-11H,1-8,13H2,(H,14,15). The van der Waals surface area contributed by atoms with Crippen molar-refractivity contribution in [2.75, 3.05) is 6.54 Å². The molecule has 15 heavy (non-hydrogen) atoms. The Balaban J connectivity index is 1.92. The monoisotopic (exact) mass is 210 g/mol. The van der Waals surface area contributed by atoms with Crippen molar-refractivity contribution in [3.05, 3.63) is 0 Å². The van der Waals surface area contributed by atoms with Crippen LogP contribution in [0.4, 0.5) is 0 Å². The van der Waals surface area contributed by atoms with E-state index in [-0.39, 0.29) is 17.9 Å². The van der Waals surface area contributed by atoms with Gasteiger partial charge in [-0.25, -0.2) is 0 Å². The molecule has 0 bridgehead atoms. The largest absolute Gasteiger partial charge is 0.356 e. The fourth-order valence-corrected chi connectivity index (χ4v) is 3.01. The Bertz CT molecular complexity index is 224. The van der Waals surface area contributed by atoms with Crippen molar-refractivity contribution in [3.63, 3.8) is 0 Å². The van der Waals surface area contributed by atoms with E-state index >= 15 is 0 Å². The third kappa shape index (κ3) is 2.51. The normalized spacial score (nSPS) is 31.0. The molecule has 1 saturated carbocycles. The first-order valence-corrected chi connectivity index (χ1v) is 6.32. The first kappa shape index (κ1) is 10.9. The number of rotatable bonds is 2. The van der Waals surface area contributed by atoms with Crippen LogP contribution in [0.15, 0.2) is 0 Å². The van der Waals surface area contributed by atoms with Crippen molar-refractivity contribution in [1.29, 1.82) is 0 Å². The van der Waals surface area contributed by atoms with Crippen LogP contribution >= 0.6 is 0 Å². The van der Waals surface area contributed by atoms with Crippen LogP contribution < -0.4 is 11.1 Å². The summed E-state index contributed by atoms with van der Waals surface area (Å²) in [7, 11) is 0. The third-order valence-corrected chi connectivity index (χ3v) is 3.99. The molecule has 1 heterocycles. The smallest absolute Gasteiger partial charge is 0.224 e. The van der Waals surface area contributed by atoms with E-state index in [1.165, 1.54) is 32.1 Å². The molecule has 2 atom stereocenters. The van der Waals surface area contributed by atoms with Gasteiger partial charge in [-0.2, -0.15) is 0 Å². The first-order valence-electron chi connectivity index (χ1n) is 6.32. The van der Waals surface area contributed by atoms with Gasteiger partial charge in [0.15, 0.2) is 0 Å². The second kappa shape index (κ2) is 4.97. The molecule has 3 nitrogen and oxygen atoms in total. The number of carbonyl (C=O) groups is 1. The van der Waals surface area contributed by atoms with Gasteiger partial charge in [-0.15, -0.1) is 0 Å². The number of amides is 1. The molecular weight excluding hydrogens is 188 g/mol. The maximum Gasteiger partial charge on any atom is 0.224 e. The van der Waals surface area contributed by atoms with Crippen molar-refractivity contribution >= 4 is 5.91 Å². The third-order valence-electron chi connectivity index (χ3n) is 3.99. The topological polar surface area (TPSA) is 55.1 Å². The lowest BCUT2D eigenvalue weighted by Crippen LogP contribution is -2.49. The maximum absolute atomic E-state index is 11.7. The van der Waals surface area contributed by atoms with Gasteiger partial charge in [0.25, 0.3) is 0 Å². The number of nitrogens with one attached hydrogen (secondary N) is 1. The molecular formula is C12H22N2O. The minimum absolute atomic E-state index is 0.0850. The Labute approximate surface area is 91.8 Å². The van der Waals surface area contributed by atoms with Crippen LogP contribution in [0.2, 0.25) is 0 Å². The van der Waals surface area contributed by atoms with Crippen molar-refractivity contribution in [2.45, 2.75) is 51.0 Å². The molecule has 0 aromatic rings. The summed E-state index contributed by atoms with van der Waals surface area (Å²) in [6, 6.07) is 0.102. The van der Waals surface area contributed by atoms with Gasteiger partial charge < -0.3 is 11.1 Å². The highest BCUT2D eigenvalue weighted by molar-refractivity contribution is 5.80. The summed E-state index contributed by atoms with van der Waals surface area (Å²) in [4.78, 5) is 11.7. The predicted molar refractivity (Wildman–Crippen MR) is 60.3 cm³/mol. The Morgan fingerprint density at radius 1 is 1.13 bits per heavy atom. The zero-order valence-corrected chi connectivity index (χ0v) is 9.37. The molecule has 0 aromatic carbocycles. The fraction of sp³-hybridized carbons (Fsp3) is 0.917. The van der Waals surface area contributed by atoms with Gasteiger partial charge in [-0.1, -0.05) is 19.3 Å². The second-order valence-electron chi connectivity index (χ2n) is 5.02. The summed E-state index contributed by atoms with van der Waals surface area (Å²) in [6.45, 7) is 0.840. The van der Waals surface area contributed by atoms with Gasteiger partial charge in [-0.05, 0) is 31.6 Å². The molecule has 0 radical (unpaired) electrons. The average Bonchev–Trinajstić information content (AvgIpc) is 2.30. The molecule has 1 amide bonds. The molecule has 2 rings (SSSR count). The minimum Gasteiger partial charge on any atom is -0.356 e. The molecule has 1 aliphatic carbocycles. The van der Waals surface area contributed by atoms with E-state index in [1.807, 2.05) is 0 Å². The van der Waals surface area contributed by atoms with E-state index in [0.717, 1.165) is 19.4 Å². The Hall–Kier alpha value is -0.570. The average molecular weight is 210 g/mol. The van der Waals surface area contributed by atoms with Crippen LogP contribution in [-0.2, 0) is 4.79 Å². The van der Waals surface area contributed by atoms with Gasteiger partial charge >= 0.3 is 0 Å². The molecule has 0 aromatic heterocycles. The van der Waals surface area contributed by atoms with E-state index in [2.05, 4.69) is 5.32 Å². The number of hydrogen-bond donors (Lipinski definition) is 2. The molecule has 1 saturated heterocycles. The molecule has 1 aliphatic heterocycles. The highest BCUT2D eigenvalue weighted by atomic mass is 16.1. The second-order valence-corrected chi connectivity index (χ2v) is 5.02. The van der Waals surface area contributed by atoms with E-state index in [0.29, 0.717) is 5.92 Å². The summed E-state index contributed by atoms with van der Waals surface area (Å²) in [6.07, 6.45) is 8.48. The van der Waals surface area contributed by atoms with Gasteiger partial charge in [0.2, 0.25) is 5.91 Å². The van der Waals surface area contributed by atoms with E-state index in [4.69, 9.17) is 5.73 Å². The van der Waals surface area contributed by atoms with Crippen molar-refractivity contribution < 1.29 is 4.79 Å². The van der Waals surface area contributed by atoms with E-state index < -0.39 is 0 Å². The summed E-state index contributed by atoms with van der Waals surface area (Å²) in [5.41, 5.74) is 6.25. The van der Waals surface area contributed by atoms with E-state index in [9.17, 15) is 4.79 Å². The van der Waals surface area contributed by atoms with Crippen LogP contribution in [0.25, 0.3) is 0 Å². The van der Waals surface area contributed by atoms with Gasteiger partial charge in [0.1, 0.15) is 0 Å². The lowest BCUT2D eigenvalue weighted by molar-refractivity contribution is -0.127. The van der Waals surface area contributed by atoms with Gasteiger partial charge in [0.05, 0.1) is 5.92 Å². The Morgan fingerprint density at radius 2 is 1.87 bits per heavy atom. The van der Waals surface area contributed by atoms with Crippen molar-refractivity contribution in [2.24, 2.45) is 17.6 Å². The lowest BCUT2D eigenvalue weighted by atomic mass is 9.77. The zero-order chi connectivity index (χ0) is 10.7. The first-order chi connectivity index (χ1) is 7.29. The fourth-order valence-electron chi connectivity index (χ4n) is 3.01. The quantitative estimate of drug-likeness (QED) is 0.724. The molecule has 3 N–H and O–H groups in total. The predicted octanol–water partition coefficient (Wildman–Crippen LogP) is 1.42. The van der Waals surface area contributed by atoms with Crippen molar-refractivity contribution in [3.8, 4) is 0 Å². The molecule has 3 heteroatoms. The highest BCUT2D eigenvalue weighted by Gasteiger charge is 2.33. The van der Waals surface area contributed by atoms with Crippen LogP contribution in [-0.4, -0.2) is 18.5 Å². The van der Waals surface area contributed by atoms with Crippen LogP contribution in [0, 0.1) is 11.8 Å². The van der Waals surface area contributed by atoms with Crippen molar-refractivity contribution in [1.82, 2.24) is 5.32 Å². The number of piperidine rings is 1. The number of nitrogens with two attached hydrogens (primary N) is 1. The zero-order valence-electron chi connectivity index (χ0n) is 9.37. The number of carbonyl (C=O) groups excluding carboxylic acids is 1. The molecule has 2 unspecified atom stereocenters. The van der Waals surface area contributed by atoms with Gasteiger partial charge in [0, 0.05) is 12.6 Å². The molecule has 2 aliphatic rings. The molecule has 2 fully saturated rings. The maximum atomic E-state index is 11.7. The SMILES string of the molecule is NC(C1CCCCC1)C1CCCNC1=O. The lowest BCUT2D eigenvalue weighted by Gasteiger charge is -2.34. The summed E-state index contributed by atoms with van der Waals surface area (Å²) >= 11 is 0. The highest BCUT2D eigenvalue weighted by Crippen LogP contribution is 2.30. The van der Waals surface area contributed by atoms with Crippen LogP contribution in [0.3, 0.4) is 0 Å². The molecule has 86 valence electrons. The minimum atomic E-state index is 0.0850. The van der Waals surface area contributed by atoms with Gasteiger partial charge in [-0.3, -0.25) is 4.79 Å². The Morgan fingerprint density at radius 3 is 2.53 bits per heavy atom. The molecule has 0 spiro atoms. The summed E-state index contributed by atoms with van der Waals surface area (Å²) < 4.78 is 0. The van der Waals surface area contributed by atoms with Crippen LogP contribution in [0.1, 0.15) is 44.9 Å².